The SMILES string of the molecule is Nc1cc(COCC(F)F)cc2cc(-c3ccccc3)[nH]c12. The molecule has 0 aliphatic carbocycles. The Hall–Kier alpha value is -2.40. The fraction of sp³-hybridized carbons (Fsp3) is 0.176. The van der Waals surface area contributed by atoms with Crippen molar-refractivity contribution in [3.05, 3.63) is 54.1 Å². The average Bonchev–Trinajstić information content (AvgIpc) is 2.92. The maximum Gasteiger partial charge on any atom is 0.261 e. The van der Waals surface area contributed by atoms with E-state index in [1.807, 2.05) is 42.5 Å². The van der Waals surface area contributed by atoms with Gasteiger partial charge in [0, 0.05) is 11.1 Å². The Morgan fingerprint density at radius 1 is 1.09 bits per heavy atom. The summed E-state index contributed by atoms with van der Waals surface area (Å²) in [4.78, 5) is 3.30. The molecule has 3 nitrogen and oxygen atoms in total. The second-order valence-electron chi connectivity index (χ2n) is 5.10. The highest BCUT2D eigenvalue weighted by atomic mass is 19.3. The molecule has 0 amide bonds. The normalized spacial score (nSPS) is 11.4. The van der Waals surface area contributed by atoms with E-state index in [1.165, 1.54) is 0 Å². The number of anilines is 1. The second-order valence-corrected chi connectivity index (χ2v) is 5.10. The Bertz CT molecular complexity index is 769. The lowest BCUT2D eigenvalue weighted by Gasteiger charge is -2.05. The zero-order valence-electron chi connectivity index (χ0n) is 11.9. The van der Waals surface area contributed by atoms with Gasteiger partial charge in [-0.25, -0.2) is 8.78 Å². The molecular weight excluding hydrogens is 286 g/mol. The summed E-state index contributed by atoms with van der Waals surface area (Å²) in [6.45, 7) is -0.448. The molecule has 114 valence electrons. The van der Waals surface area contributed by atoms with E-state index in [0.29, 0.717) is 5.69 Å². The van der Waals surface area contributed by atoms with Gasteiger partial charge in [0.05, 0.1) is 17.8 Å². The number of alkyl halides is 2. The van der Waals surface area contributed by atoms with E-state index >= 15 is 0 Å². The molecule has 0 unspecified atom stereocenters. The van der Waals surface area contributed by atoms with Crippen LogP contribution in [-0.4, -0.2) is 18.0 Å². The molecule has 22 heavy (non-hydrogen) atoms. The number of hydrogen-bond acceptors (Lipinski definition) is 2. The molecule has 0 aliphatic rings. The molecule has 1 heterocycles. The Kier molecular flexibility index (Phi) is 4.06. The van der Waals surface area contributed by atoms with Crippen molar-refractivity contribution in [3.8, 4) is 11.3 Å². The van der Waals surface area contributed by atoms with Gasteiger partial charge in [0.25, 0.3) is 6.43 Å². The number of halogens is 2. The van der Waals surface area contributed by atoms with Crippen molar-refractivity contribution < 1.29 is 13.5 Å². The Morgan fingerprint density at radius 2 is 1.86 bits per heavy atom. The summed E-state index contributed by atoms with van der Waals surface area (Å²) < 4.78 is 29.2. The van der Waals surface area contributed by atoms with E-state index in [4.69, 9.17) is 10.5 Å². The van der Waals surface area contributed by atoms with E-state index in [9.17, 15) is 8.78 Å². The number of aromatic nitrogens is 1. The number of fused-ring (bicyclic) bond motifs is 1. The van der Waals surface area contributed by atoms with Crippen LogP contribution in [0.3, 0.4) is 0 Å². The first-order valence-corrected chi connectivity index (χ1v) is 6.96. The first-order chi connectivity index (χ1) is 10.6. The summed E-state index contributed by atoms with van der Waals surface area (Å²) in [5.74, 6) is 0. The van der Waals surface area contributed by atoms with E-state index in [-0.39, 0.29) is 6.61 Å². The molecule has 3 rings (SSSR count). The van der Waals surface area contributed by atoms with Gasteiger partial charge in [-0.2, -0.15) is 0 Å². The van der Waals surface area contributed by atoms with Crippen LogP contribution in [0, 0.1) is 0 Å². The van der Waals surface area contributed by atoms with Gasteiger partial charge in [-0.15, -0.1) is 0 Å². The zero-order valence-corrected chi connectivity index (χ0v) is 11.9. The molecule has 0 fully saturated rings. The minimum Gasteiger partial charge on any atom is -0.397 e. The van der Waals surface area contributed by atoms with Gasteiger partial charge < -0.3 is 15.5 Å². The van der Waals surface area contributed by atoms with Crippen LogP contribution in [0.2, 0.25) is 0 Å². The molecule has 0 spiro atoms. The van der Waals surface area contributed by atoms with Gasteiger partial charge in [-0.3, -0.25) is 0 Å². The number of hydrogen-bond donors (Lipinski definition) is 2. The molecule has 3 N–H and O–H groups in total. The highest BCUT2D eigenvalue weighted by Crippen LogP contribution is 2.29. The summed E-state index contributed by atoms with van der Waals surface area (Å²) in [7, 11) is 0. The lowest BCUT2D eigenvalue weighted by molar-refractivity contribution is 0.00993. The van der Waals surface area contributed by atoms with Gasteiger partial charge >= 0.3 is 0 Å². The fourth-order valence-electron chi connectivity index (χ4n) is 2.46. The van der Waals surface area contributed by atoms with Gasteiger partial charge in [0.15, 0.2) is 0 Å². The first kappa shape index (κ1) is 14.5. The molecule has 0 saturated heterocycles. The van der Waals surface area contributed by atoms with Crippen molar-refractivity contribution in [2.45, 2.75) is 13.0 Å². The monoisotopic (exact) mass is 302 g/mol. The van der Waals surface area contributed by atoms with Crippen molar-refractivity contribution in [1.82, 2.24) is 4.98 Å². The molecule has 0 saturated carbocycles. The van der Waals surface area contributed by atoms with Gasteiger partial charge in [-0.05, 0) is 29.3 Å². The third kappa shape index (κ3) is 3.09. The predicted molar refractivity (Wildman–Crippen MR) is 83.8 cm³/mol. The van der Waals surface area contributed by atoms with Crippen molar-refractivity contribution in [2.24, 2.45) is 0 Å². The van der Waals surface area contributed by atoms with Crippen LogP contribution < -0.4 is 5.73 Å². The van der Waals surface area contributed by atoms with Crippen molar-refractivity contribution >= 4 is 16.6 Å². The standard InChI is InChI=1S/C17H16F2N2O/c18-16(19)10-22-9-11-6-13-8-15(12-4-2-1-3-5-12)21-17(13)14(20)7-11/h1-8,16,21H,9-10,20H2. The fourth-order valence-corrected chi connectivity index (χ4v) is 2.46. The lowest BCUT2D eigenvalue weighted by Crippen LogP contribution is -2.04. The Morgan fingerprint density at radius 3 is 2.59 bits per heavy atom. The smallest absolute Gasteiger partial charge is 0.261 e. The number of nitrogens with one attached hydrogen (secondary N) is 1. The van der Waals surface area contributed by atoms with Crippen LogP contribution in [0.5, 0.6) is 0 Å². The van der Waals surface area contributed by atoms with Crippen LogP contribution in [0.15, 0.2) is 48.5 Å². The summed E-state index contributed by atoms with van der Waals surface area (Å²) in [6.07, 6.45) is -2.46. The molecule has 0 aliphatic heterocycles. The highest BCUT2D eigenvalue weighted by Gasteiger charge is 2.08. The number of rotatable bonds is 5. The molecule has 5 heteroatoms. The zero-order chi connectivity index (χ0) is 15.5. The number of H-pyrrole nitrogens is 1. The summed E-state index contributed by atoms with van der Waals surface area (Å²) in [6, 6.07) is 15.6. The number of benzene rings is 2. The topological polar surface area (TPSA) is 51.0 Å². The largest absolute Gasteiger partial charge is 0.397 e. The Balaban J connectivity index is 1.90. The molecule has 0 radical (unpaired) electrons. The van der Waals surface area contributed by atoms with E-state index in [0.717, 1.165) is 27.7 Å². The summed E-state index contributed by atoms with van der Waals surface area (Å²) in [5, 5.41) is 0.939. The van der Waals surface area contributed by atoms with Crippen LogP contribution in [0.1, 0.15) is 5.56 Å². The second kappa shape index (κ2) is 6.15. The Labute approximate surface area is 126 Å². The minimum absolute atomic E-state index is 0.121. The number of ether oxygens (including phenoxy) is 1. The number of nitrogen functional groups attached to an aromatic ring is 1. The molecular formula is C17H16F2N2O. The van der Waals surface area contributed by atoms with Crippen LogP contribution >= 0.6 is 0 Å². The van der Waals surface area contributed by atoms with Crippen molar-refractivity contribution in [3.63, 3.8) is 0 Å². The molecule has 0 bridgehead atoms. The summed E-state index contributed by atoms with van der Waals surface area (Å²) >= 11 is 0. The average molecular weight is 302 g/mol. The quantitative estimate of drug-likeness (QED) is 0.694. The van der Waals surface area contributed by atoms with Crippen molar-refractivity contribution in [2.75, 3.05) is 12.3 Å². The maximum absolute atomic E-state index is 12.1. The molecule has 1 aromatic heterocycles. The van der Waals surface area contributed by atoms with Crippen LogP contribution in [0.25, 0.3) is 22.2 Å². The summed E-state index contributed by atoms with van der Waals surface area (Å²) in [5.41, 5.74) is 10.3. The third-order valence-corrected chi connectivity index (χ3v) is 3.42. The van der Waals surface area contributed by atoms with Crippen molar-refractivity contribution in [1.29, 1.82) is 0 Å². The predicted octanol–water partition coefficient (Wildman–Crippen LogP) is 4.20. The van der Waals surface area contributed by atoms with E-state index in [2.05, 4.69) is 4.98 Å². The van der Waals surface area contributed by atoms with E-state index < -0.39 is 13.0 Å². The highest BCUT2D eigenvalue weighted by molar-refractivity contribution is 5.94. The van der Waals surface area contributed by atoms with Gasteiger partial charge in [0.1, 0.15) is 6.61 Å². The minimum atomic E-state index is -2.46. The first-order valence-electron chi connectivity index (χ1n) is 6.96. The number of aromatic amines is 1. The molecule has 3 aromatic rings. The number of nitrogens with two attached hydrogens (primary N) is 1. The lowest BCUT2D eigenvalue weighted by atomic mass is 10.1. The van der Waals surface area contributed by atoms with Gasteiger partial charge in [0.2, 0.25) is 0 Å². The van der Waals surface area contributed by atoms with E-state index in [1.54, 1.807) is 6.07 Å². The maximum atomic E-state index is 12.1. The third-order valence-electron chi connectivity index (χ3n) is 3.42. The van der Waals surface area contributed by atoms with Crippen LogP contribution in [-0.2, 0) is 11.3 Å². The van der Waals surface area contributed by atoms with Crippen LogP contribution in [0.4, 0.5) is 14.5 Å². The molecule has 0 atom stereocenters. The van der Waals surface area contributed by atoms with Gasteiger partial charge in [-0.1, -0.05) is 30.3 Å². The molecule has 2 aromatic carbocycles.